The van der Waals surface area contributed by atoms with Crippen LogP contribution in [0.15, 0.2) is 385 Å². The zero-order valence-corrected chi connectivity index (χ0v) is 75.2. The summed E-state index contributed by atoms with van der Waals surface area (Å²) in [5.74, 6) is 0. The lowest BCUT2D eigenvalue weighted by molar-refractivity contribution is -0.385. The van der Waals surface area contributed by atoms with Gasteiger partial charge in [-0.2, -0.15) is 0 Å². The van der Waals surface area contributed by atoms with Gasteiger partial charge in [-0.05, 0) is 176 Å². The van der Waals surface area contributed by atoms with Crippen molar-refractivity contribution in [3.63, 3.8) is 0 Å². The lowest BCUT2D eigenvalue weighted by Gasteiger charge is -2.35. The molecule has 1 saturated heterocycles. The highest BCUT2D eigenvalue weighted by Crippen LogP contribution is 2.55. The molecule has 2 aliphatic rings. The van der Waals surface area contributed by atoms with E-state index in [1.807, 2.05) is 70.4 Å². The van der Waals surface area contributed by atoms with Gasteiger partial charge in [-0.1, -0.05) is 371 Å². The van der Waals surface area contributed by atoms with Gasteiger partial charge in [-0.3, -0.25) is 20.2 Å². The highest BCUT2D eigenvalue weighted by molar-refractivity contribution is 9.11. The Morgan fingerprint density at radius 2 is 0.659 bits per heavy atom. The summed E-state index contributed by atoms with van der Waals surface area (Å²) in [6.45, 7) is 10.5. The van der Waals surface area contributed by atoms with Crippen molar-refractivity contribution in [1.29, 1.82) is 0 Å². The third-order valence-corrected chi connectivity index (χ3v) is 33.0. The van der Waals surface area contributed by atoms with Crippen molar-refractivity contribution in [2.45, 2.75) is 46.8 Å². The number of benzene rings is 18. The van der Waals surface area contributed by atoms with Crippen molar-refractivity contribution in [2.24, 2.45) is 10.8 Å². The number of halogens is 2. The average molecular weight is 1810 g/mol. The summed E-state index contributed by atoms with van der Waals surface area (Å²) in [7, 11) is -0.446. The van der Waals surface area contributed by atoms with Crippen LogP contribution in [0.2, 0.25) is 12.6 Å². The number of nitro groups is 2. The van der Waals surface area contributed by atoms with E-state index in [-0.39, 0.29) is 16.3 Å². The molecule has 1 aliphatic heterocycles. The quantitative estimate of drug-likeness (QED) is 0.0688. The summed E-state index contributed by atoms with van der Waals surface area (Å²) >= 11 is 14.2. The number of fused-ring (bicyclic) bond motifs is 25. The molecule has 0 spiro atoms. The monoisotopic (exact) mass is 1810 g/mol. The van der Waals surface area contributed by atoms with Gasteiger partial charge in [0, 0.05) is 104 Å². The molecule has 5 heterocycles. The van der Waals surface area contributed by atoms with Crippen molar-refractivity contribution in [1.82, 2.24) is 0 Å². The molecular weight excluding hydrogens is 1730 g/mol. The van der Waals surface area contributed by atoms with Gasteiger partial charge in [0.05, 0.1) is 19.9 Å². The topological polar surface area (TPSA) is 86.3 Å². The molecule has 123 heavy (non-hydrogen) atoms. The smallest absolute Gasteiger partial charge is 0.258 e. The van der Waals surface area contributed by atoms with Crippen LogP contribution in [-0.2, 0) is 6.42 Å². The van der Waals surface area contributed by atoms with E-state index in [0.29, 0.717) is 27.6 Å². The first kappa shape index (κ1) is 80.8. The molecule has 0 amide bonds. The first-order chi connectivity index (χ1) is 60.0. The average Bonchev–Trinajstić information content (AvgIpc) is 1.55. The fourth-order valence-electron chi connectivity index (χ4n) is 18.3. The second kappa shape index (κ2) is 34.4. The zero-order chi connectivity index (χ0) is 84.0. The van der Waals surface area contributed by atoms with Gasteiger partial charge in [-0.15, -0.1) is 45.3 Å². The van der Waals surface area contributed by atoms with Gasteiger partial charge in [0.1, 0.15) is 0 Å². The summed E-state index contributed by atoms with van der Waals surface area (Å²) < 4.78 is 12.5. The van der Waals surface area contributed by atoms with Gasteiger partial charge >= 0.3 is 0 Å². The normalized spacial score (nSPS) is 13.0. The highest BCUT2D eigenvalue weighted by atomic mass is 79.9. The van der Waals surface area contributed by atoms with Crippen LogP contribution < -0.4 is 21.4 Å². The number of nitro benzene ring substituents is 2. The van der Waals surface area contributed by atoms with E-state index in [2.05, 4.69) is 363 Å². The largest absolute Gasteiger partial charge is 0.283 e. The van der Waals surface area contributed by atoms with E-state index in [4.69, 9.17) is 0 Å². The second-order valence-corrected chi connectivity index (χ2v) is 40.8. The van der Waals surface area contributed by atoms with Crippen LogP contribution in [0.5, 0.6) is 0 Å². The number of rotatable bonds is 7. The SMILES string of the molecule is Brc1cc2sc3ccccc3c2c2ccccc12.CC1(C)CB(c2cc3sc4ccccc4c3c3ccccc23)CC1(C)C.O=[N+]([O-])c1ccccc1-c1cc2sc3ccccc3c2c2ccccc12.O=[N+]([O-])c1ccccc1Br.c1ccc(P(c2ccccc2)c2ccccc2)cc1.c1ccc2c(c1)Cc1c-2c2ccccc2c2c1sc1ccccc12. The predicted molar refractivity (Wildman–Crippen MR) is 544 cm³/mol. The number of thiophene rings is 4. The lowest BCUT2D eigenvalue weighted by atomic mass is 9.41. The van der Waals surface area contributed by atoms with Crippen LogP contribution in [0, 0.1) is 31.1 Å². The van der Waals surface area contributed by atoms with Crippen LogP contribution in [0.3, 0.4) is 0 Å². The molecule has 0 radical (unpaired) electrons. The van der Waals surface area contributed by atoms with Crippen molar-refractivity contribution in [3.8, 4) is 22.3 Å². The van der Waals surface area contributed by atoms with Crippen molar-refractivity contribution in [3.05, 3.63) is 416 Å². The molecule has 0 saturated carbocycles. The fraction of sp³-hybridized carbons (Fsp3) is 0.0826. The van der Waals surface area contributed by atoms with Crippen LogP contribution in [0.4, 0.5) is 11.4 Å². The number of hydrogen-bond donors (Lipinski definition) is 0. The first-order valence-corrected chi connectivity index (χ1v) is 47.4. The third-order valence-electron chi connectivity index (χ3n) is 24.7. The third kappa shape index (κ3) is 15.5. The van der Waals surface area contributed by atoms with Crippen LogP contribution in [0.1, 0.15) is 38.8 Å². The standard InChI is InChI=1S/C24H25BS.C23H14S.C22H13NO2S.C18H15P.C16H9BrS.C6H4BrNO2/c1-23(2)14-25(15-24(23,3)4)19-13-21-22(17-10-6-5-9-16(17)19)18-11-7-8-12-20(18)26-21;1-2-8-15-14(7-1)13-19-21(15)16-9-3-4-10-17(16)22-18-11-5-6-12-20(18)24-23(19)22;24-23(25)19-11-5-3-8-15(19)18-13-21-22(16-9-2-1-7-14(16)18)17-10-4-6-12-20(17)26-21;1-4-10-16(11-5-1)19(17-12-6-2-7-13-17)18-14-8-3-9-15-18;17-13-9-15-16(11-6-2-1-5-10(11)13)12-7-3-4-8-14(12)18-15;7-5-3-1-2-4-6(5)8(9)10/h5-13H,14-15H2,1-4H3;1-12H,13H2;1-13H;1-15H;1-9H;1-4H. The minimum Gasteiger partial charge on any atom is -0.258 e. The van der Waals surface area contributed by atoms with E-state index < -0.39 is 12.8 Å². The maximum Gasteiger partial charge on any atom is 0.283 e. The van der Waals surface area contributed by atoms with E-state index in [0.717, 1.165) is 27.5 Å². The Balaban J connectivity index is 0.0000000988. The summed E-state index contributed by atoms with van der Waals surface area (Å²) in [6, 6.07) is 131. The first-order valence-electron chi connectivity index (χ1n) is 41.2. The number of nitrogens with zero attached hydrogens (tertiary/aromatic N) is 2. The molecule has 6 nitrogen and oxygen atoms in total. The maximum atomic E-state index is 11.5. The van der Waals surface area contributed by atoms with Crippen molar-refractivity contribution in [2.75, 3.05) is 0 Å². The van der Waals surface area contributed by atoms with Gasteiger partial charge in [0.25, 0.3) is 11.4 Å². The Kier molecular flexibility index (Phi) is 22.6. The number of hydrogen-bond acceptors (Lipinski definition) is 8. The molecular formula is C109H80BBr2N2O4PS4. The highest BCUT2D eigenvalue weighted by Gasteiger charge is 2.48. The molecule has 1 aliphatic carbocycles. The molecule has 596 valence electrons. The summed E-state index contributed by atoms with van der Waals surface area (Å²) in [6.07, 6.45) is 3.61. The Labute approximate surface area is 747 Å². The Morgan fingerprint density at radius 3 is 1.15 bits per heavy atom. The van der Waals surface area contributed by atoms with Gasteiger partial charge in [0.15, 0.2) is 6.71 Å². The van der Waals surface area contributed by atoms with Crippen molar-refractivity contribution < 1.29 is 9.85 Å². The predicted octanol–water partition coefficient (Wildman–Crippen LogP) is 32.3. The molecule has 24 rings (SSSR count). The fourth-order valence-corrected chi connectivity index (χ4v) is 26.6. The summed E-state index contributed by atoms with van der Waals surface area (Å²) in [5, 5.41) is 47.3. The molecule has 0 bridgehead atoms. The minimum absolute atomic E-state index is 0.0995. The summed E-state index contributed by atoms with van der Waals surface area (Å²) in [5.41, 5.74) is 10.00. The molecule has 22 aromatic rings. The van der Waals surface area contributed by atoms with E-state index in [1.54, 1.807) is 47.1 Å². The lowest BCUT2D eigenvalue weighted by Crippen LogP contribution is -2.28. The zero-order valence-electron chi connectivity index (χ0n) is 67.9. The minimum atomic E-state index is -0.446. The number of para-hydroxylation sites is 2. The Bertz CT molecular complexity index is 7710. The second-order valence-electron chi connectivity index (χ2n) is 32.5. The molecule has 0 atom stereocenters. The summed E-state index contributed by atoms with van der Waals surface area (Å²) in [4.78, 5) is 21.0. The van der Waals surface area contributed by atoms with Crippen molar-refractivity contribution >= 4 is 248 Å². The van der Waals surface area contributed by atoms with E-state index in [9.17, 15) is 20.2 Å². The molecule has 18 aromatic carbocycles. The van der Waals surface area contributed by atoms with Gasteiger partial charge < -0.3 is 0 Å². The molecule has 1 fully saturated rings. The molecule has 0 unspecified atom stereocenters. The van der Waals surface area contributed by atoms with Crippen LogP contribution >= 0.6 is 85.1 Å². The maximum absolute atomic E-state index is 11.5. The molecule has 4 aromatic heterocycles. The van der Waals surface area contributed by atoms with Gasteiger partial charge in [0.2, 0.25) is 0 Å². The Hall–Kier alpha value is -11.9. The molecule has 0 N–H and O–H groups in total. The Morgan fingerprint density at radius 1 is 0.309 bits per heavy atom. The van der Waals surface area contributed by atoms with Crippen LogP contribution in [-0.4, -0.2) is 16.6 Å². The van der Waals surface area contributed by atoms with E-state index in [1.165, 1.54) is 170 Å². The van der Waals surface area contributed by atoms with Crippen LogP contribution in [0.25, 0.3) is 146 Å². The van der Waals surface area contributed by atoms with Gasteiger partial charge in [-0.25, -0.2) is 0 Å². The van der Waals surface area contributed by atoms with E-state index >= 15 is 0 Å². The molecule has 14 heteroatoms.